The van der Waals surface area contributed by atoms with Gasteiger partial charge in [-0.3, -0.25) is 4.79 Å². The Labute approximate surface area is 119 Å². The Bertz CT molecular complexity index is 299. The summed E-state index contributed by atoms with van der Waals surface area (Å²) in [5.41, 5.74) is 0.447. The maximum Gasteiger partial charge on any atom is 0.222 e. The summed E-state index contributed by atoms with van der Waals surface area (Å²) in [6.45, 7) is 16.0. The smallest absolute Gasteiger partial charge is 0.222 e. The first-order chi connectivity index (χ1) is 8.59. The fourth-order valence-electron chi connectivity index (χ4n) is 2.70. The van der Waals surface area contributed by atoms with E-state index in [-0.39, 0.29) is 5.54 Å². The van der Waals surface area contributed by atoms with Crippen LogP contribution in [0, 0.1) is 11.3 Å². The number of rotatable bonds is 3. The van der Waals surface area contributed by atoms with E-state index in [1.54, 1.807) is 0 Å². The molecular weight excluding hydrogens is 236 g/mol. The van der Waals surface area contributed by atoms with Gasteiger partial charge >= 0.3 is 0 Å². The summed E-state index contributed by atoms with van der Waals surface area (Å²) in [5, 5.41) is 3.46. The predicted molar refractivity (Wildman–Crippen MR) is 81.1 cm³/mol. The summed E-state index contributed by atoms with van der Waals surface area (Å²) >= 11 is 0. The van der Waals surface area contributed by atoms with Crippen molar-refractivity contribution in [3.63, 3.8) is 0 Å². The number of amides is 1. The first kappa shape index (κ1) is 16.5. The van der Waals surface area contributed by atoms with Crippen LogP contribution >= 0.6 is 0 Å². The molecule has 1 rings (SSSR count). The predicted octanol–water partition coefficient (Wildman–Crippen LogP) is 3.05. The molecule has 112 valence electrons. The third-order valence-corrected chi connectivity index (χ3v) is 4.07. The molecule has 1 aliphatic heterocycles. The Morgan fingerprint density at radius 1 is 1.16 bits per heavy atom. The summed E-state index contributed by atoms with van der Waals surface area (Å²) in [7, 11) is 0. The molecule has 0 spiro atoms. The summed E-state index contributed by atoms with van der Waals surface area (Å²) in [4.78, 5) is 14.2. The Morgan fingerprint density at radius 3 is 2.32 bits per heavy atom. The van der Waals surface area contributed by atoms with Crippen LogP contribution in [0.4, 0.5) is 0 Å². The standard InChI is InChI=1S/C16H32N2O/c1-15(2,3)13-7-8-14(19)18(11-9-13)12-10-17-16(4,5)6/h13,17H,7-12H2,1-6H3. The van der Waals surface area contributed by atoms with Crippen molar-refractivity contribution in [1.82, 2.24) is 10.2 Å². The minimum atomic E-state index is 0.128. The lowest BCUT2D eigenvalue weighted by atomic mass is 9.77. The van der Waals surface area contributed by atoms with Gasteiger partial charge in [0.1, 0.15) is 0 Å². The fourth-order valence-corrected chi connectivity index (χ4v) is 2.70. The van der Waals surface area contributed by atoms with Gasteiger partial charge in [-0.05, 0) is 44.9 Å². The molecule has 1 atom stereocenters. The first-order valence-electron chi connectivity index (χ1n) is 7.62. The van der Waals surface area contributed by atoms with Crippen molar-refractivity contribution in [2.45, 2.75) is 66.3 Å². The largest absolute Gasteiger partial charge is 0.341 e. The van der Waals surface area contributed by atoms with Crippen molar-refractivity contribution in [3.05, 3.63) is 0 Å². The summed E-state index contributed by atoms with van der Waals surface area (Å²) in [6, 6.07) is 0. The number of carbonyl (C=O) groups is 1. The van der Waals surface area contributed by atoms with Gasteiger partial charge in [-0.1, -0.05) is 20.8 Å². The van der Waals surface area contributed by atoms with E-state index < -0.39 is 0 Å². The lowest BCUT2D eigenvalue weighted by Gasteiger charge is -2.30. The molecule has 0 aromatic heterocycles. The second-order valence-corrected chi connectivity index (χ2v) is 7.95. The monoisotopic (exact) mass is 268 g/mol. The maximum atomic E-state index is 12.1. The molecule has 1 saturated heterocycles. The van der Waals surface area contributed by atoms with Crippen LogP contribution in [0.1, 0.15) is 60.8 Å². The van der Waals surface area contributed by atoms with Crippen LogP contribution in [0.3, 0.4) is 0 Å². The third kappa shape index (κ3) is 5.94. The van der Waals surface area contributed by atoms with E-state index in [0.717, 1.165) is 38.9 Å². The molecule has 0 bridgehead atoms. The lowest BCUT2D eigenvalue weighted by Crippen LogP contribution is -2.43. The molecule has 0 aromatic carbocycles. The molecule has 3 heteroatoms. The van der Waals surface area contributed by atoms with Gasteiger partial charge in [0.2, 0.25) is 5.91 Å². The van der Waals surface area contributed by atoms with E-state index in [9.17, 15) is 4.79 Å². The number of likely N-dealkylation sites (tertiary alicyclic amines) is 1. The number of carbonyl (C=O) groups excluding carboxylic acids is 1. The molecule has 0 saturated carbocycles. The highest BCUT2D eigenvalue weighted by molar-refractivity contribution is 5.76. The minimum absolute atomic E-state index is 0.128. The van der Waals surface area contributed by atoms with Gasteiger partial charge in [-0.2, -0.15) is 0 Å². The molecule has 3 nitrogen and oxygen atoms in total. The molecule has 1 N–H and O–H groups in total. The highest BCUT2D eigenvalue weighted by Crippen LogP contribution is 2.34. The van der Waals surface area contributed by atoms with Crippen LogP contribution < -0.4 is 5.32 Å². The second kappa shape index (κ2) is 6.25. The molecular formula is C16H32N2O. The van der Waals surface area contributed by atoms with Gasteiger partial charge in [-0.25, -0.2) is 0 Å². The van der Waals surface area contributed by atoms with Crippen LogP contribution in [0.15, 0.2) is 0 Å². The van der Waals surface area contributed by atoms with Gasteiger partial charge in [0.15, 0.2) is 0 Å². The topological polar surface area (TPSA) is 32.3 Å². The van der Waals surface area contributed by atoms with Crippen molar-refractivity contribution in [2.24, 2.45) is 11.3 Å². The average molecular weight is 268 g/mol. The van der Waals surface area contributed by atoms with Crippen LogP contribution in [0.2, 0.25) is 0 Å². The molecule has 19 heavy (non-hydrogen) atoms. The van der Waals surface area contributed by atoms with E-state index in [2.05, 4.69) is 46.9 Å². The van der Waals surface area contributed by atoms with Gasteiger partial charge in [-0.15, -0.1) is 0 Å². The second-order valence-electron chi connectivity index (χ2n) is 7.95. The van der Waals surface area contributed by atoms with Gasteiger partial charge in [0.25, 0.3) is 0 Å². The number of hydrogen-bond acceptors (Lipinski definition) is 2. The molecule has 0 radical (unpaired) electrons. The average Bonchev–Trinajstić information content (AvgIpc) is 2.39. The first-order valence-corrected chi connectivity index (χ1v) is 7.62. The summed E-state index contributed by atoms with van der Waals surface area (Å²) in [6.07, 6.45) is 2.91. The molecule has 1 heterocycles. The number of nitrogens with one attached hydrogen (secondary N) is 1. The van der Waals surface area contributed by atoms with E-state index >= 15 is 0 Å². The van der Waals surface area contributed by atoms with Crippen LogP contribution in [0.25, 0.3) is 0 Å². The fraction of sp³-hybridized carbons (Fsp3) is 0.938. The van der Waals surface area contributed by atoms with Crippen LogP contribution in [0.5, 0.6) is 0 Å². The van der Waals surface area contributed by atoms with Gasteiger partial charge in [0.05, 0.1) is 0 Å². The Hall–Kier alpha value is -0.570. The molecule has 0 aliphatic carbocycles. The Balaban J connectivity index is 2.46. The van der Waals surface area contributed by atoms with Crippen molar-refractivity contribution < 1.29 is 4.79 Å². The van der Waals surface area contributed by atoms with E-state index in [0.29, 0.717) is 17.2 Å². The zero-order chi connectivity index (χ0) is 14.7. The number of nitrogens with zero attached hydrogens (tertiary/aromatic N) is 1. The molecule has 1 aliphatic rings. The minimum Gasteiger partial charge on any atom is -0.341 e. The van der Waals surface area contributed by atoms with Crippen LogP contribution in [-0.4, -0.2) is 36.0 Å². The molecule has 1 fully saturated rings. The maximum absolute atomic E-state index is 12.1. The molecule has 1 amide bonds. The zero-order valence-corrected chi connectivity index (χ0v) is 13.7. The van der Waals surface area contributed by atoms with Crippen molar-refractivity contribution in [1.29, 1.82) is 0 Å². The van der Waals surface area contributed by atoms with E-state index in [1.807, 2.05) is 4.90 Å². The van der Waals surface area contributed by atoms with Crippen LogP contribution in [-0.2, 0) is 4.79 Å². The molecule has 0 aromatic rings. The zero-order valence-electron chi connectivity index (χ0n) is 13.7. The van der Waals surface area contributed by atoms with Crippen molar-refractivity contribution >= 4 is 5.91 Å². The highest BCUT2D eigenvalue weighted by atomic mass is 16.2. The normalized spacial score (nSPS) is 22.5. The van der Waals surface area contributed by atoms with E-state index in [4.69, 9.17) is 0 Å². The van der Waals surface area contributed by atoms with Crippen molar-refractivity contribution in [3.8, 4) is 0 Å². The Morgan fingerprint density at radius 2 is 1.79 bits per heavy atom. The quantitative estimate of drug-likeness (QED) is 0.853. The summed E-state index contributed by atoms with van der Waals surface area (Å²) < 4.78 is 0. The van der Waals surface area contributed by atoms with E-state index in [1.165, 1.54) is 0 Å². The van der Waals surface area contributed by atoms with Crippen molar-refractivity contribution in [2.75, 3.05) is 19.6 Å². The third-order valence-electron chi connectivity index (χ3n) is 4.07. The Kier molecular flexibility index (Phi) is 5.43. The van der Waals surface area contributed by atoms with Gasteiger partial charge in [0, 0.05) is 31.6 Å². The molecule has 1 unspecified atom stereocenters. The van der Waals surface area contributed by atoms with Gasteiger partial charge < -0.3 is 10.2 Å². The SMILES string of the molecule is CC(C)(C)NCCN1CCC(C(C)(C)C)CCC1=O. The number of hydrogen-bond donors (Lipinski definition) is 1. The lowest BCUT2D eigenvalue weighted by molar-refractivity contribution is -0.130. The summed E-state index contributed by atoms with van der Waals surface area (Å²) in [5.74, 6) is 1.000. The highest BCUT2D eigenvalue weighted by Gasteiger charge is 2.29.